The predicted molar refractivity (Wildman–Crippen MR) is 53.4 cm³/mol. The molecule has 0 unspecified atom stereocenters. The van der Waals surface area contributed by atoms with Crippen molar-refractivity contribution in [1.82, 2.24) is 0 Å². The van der Waals surface area contributed by atoms with Gasteiger partial charge in [-0.3, -0.25) is 4.79 Å². The van der Waals surface area contributed by atoms with Crippen LogP contribution in [0.1, 0.15) is 19.4 Å². The Morgan fingerprint density at radius 1 is 1.29 bits per heavy atom. The van der Waals surface area contributed by atoms with Crippen LogP contribution in [0.5, 0.6) is 0 Å². The second-order valence-electron chi connectivity index (χ2n) is 2.98. The van der Waals surface area contributed by atoms with Crippen LogP contribution in [0.4, 0.5) is 0 Å². The molecule has 14 heavy (non-hydrogen) atoms. The summed E-state index contributed by atoms with van der Waals surface area (Å²) in [5.41, 5.74) is 1.07. The van der Waals surface area contributed by atoms with Crippen LogP contribution in [0.3, 0.4) is 0 Å². The second-order valence-corrected chi connectivity index (χ2v) is 2.98. The van der Waals surface area contributed by atoms with E-state index in [9.17, 15) is 4.79 Å². The molecule has 0 radical (unpaired) electrons. The van der Waals surface area contributed by atoms with E-state index in [-0.39, 0.29) is 24.8 Å². The number of aliphatic carboxylic acids is 1. The minimum absolute atomic E-state index is 0. The average molecular weight is 186 g/mol. The first-order valence-electron chi connectivity index (χ1n) is 4.14. The van der Waals surface area contributed by atoms with E-state index < -0.39 is 5.97 Å². The van der Waals surface area contributed by atoms with Gasteiger partial charge in [-0.05, 0) is 0 Å². The molecule has 1 aromatic carbocycles. The van der Waals surface area contributed by atoms with Crippen LogP contribution >= 0.6 is 0 Å². The minimum Gasteiger partial charge on any atom is -0.481 e. The smallest absolute Gasteiger partial charge is 0.481 e. The van der Waals surface area contributed by atoms with Crippen molar-refractivity contribution in [3.8, 4) is 0 Å². The molecule has 0 amide bonds. The van der Waals surface area contributed by atoms with Crippen LogP contribution in [0.15, 0.2) is 30.3 Å². The van der Waals surface area contributed by atoms with Crippen LogP contribution in [-0.2, 0) is 4.79 Å². The summed E-state index contributed by atoms with van der Waals surface area (Å²) in [6, 6.07) is 9.87. The van der Waals surface area contributed by atoms with Gasteiger partial charge in [0, 0.05) is 0 Å². The molecule has 0 heterocycles. The summed E-state index contributed by atoms with van der Waals surface area (Å²) in [5.74, 6) is -0.972. The van der Waals surface area contributed by atoms with Crippen molar-refractivity contribution in [2.24, 2.45) is 5.92 Å². The van der Waals surface area contributed by atoms with E-state index >= 15 is 0 Å². The maximum absolute atomic E-state index is 9.70. The Kier molecular flexibility index (Phi) is 9.75. The predicted octanol–water partition coefficient (Wildman–Crippen LogP) is -0.400. The summed E-state index contributed by atoms with van der Waals surface area (Å²) in [7, 11) is 0. The first-order chi connectivity index (χ1) is 6.04. The summed E-state index contributed by atoms with van der Waals surface area (Å²) in [5, 5.41) is 7.99. The monoisotopic (exact) mass is 186 g/mol. The van der Waals surface area contributed by atoms with Gasteiger partial charge in [-0.25, -0.2) is 0 Å². The zero-order chi connectivity index (χ0) is 10.3. The summed E-state index contributed by atoms with van der Waals surface area (Å²) in [4.78, 5) is 9.70. The van der Waals surface area contributed by atoms with Crippen LogP contribution in [-0.4, -0.2) is 11.1 Å². The molecule has 0 aliphatic heterocycles. The number of carboxylic acid groups (broad SMARTS) is 1. The number of rotatable bonds is 1. The number of hydrogen-bond acceptors (Lipinski definition) is 1. The summed E-state index contributed by atoms with van der Waals surface area (Å²) in [6.45, 7) is 7.00. The molecule has 0 atom stereocenters. The largest absolute Gasteiger partial charge is 1.00 e. The molecule has 1 aromatic rings. The van der Waals surface area contributed by atoms with Crippen molar-refractivity contribution in [1.29, 1.82) is 0 Å². The van der Waals surface area contributed by atoms with Crippen molar-refractivity contribution < 1.29 is 28.8 Å². The second kappa shape index (κ2) is 8.74. The number of benzene rings is 1. The van der Waals surface area contributed by atoms with Gasteiger partial charge in [-0.15, -0.1) is 12.1 Å². The Morgan fingerprint density at radius 3 is 1.79 bits per heavy atom. The number of carbonyl (C=O) groups is 1. The molecule has 0 bridgehead atoms. The minimum atomic E-state index is -0.741. The molecule has 0 saturated carbocycles. The van der Waals surface area contributed by atoms with Gasteiger partial charge in [0.15, 0.2) is 0 Å². The SMILES string of the molecule is CC(C)C(=O)O.[CH2-]c1ccccc1.[Li+]. The van der Waals surface area contributed by atoms with Crippen molar-refractivity contribution in [3.05, 3.63) is 42.8 Å². The molecule has 0 saturated heterocycles. The molecule has 0 aliphatic carbocycles. The first-order valence-corrected chi connectivity index (χ1v) is 4.14. The van der Waals surface area contributed by atoms with Crippen LogP contribution < -0.4 is 18.9 Å². The van der Waals surface area contributed by atoms with Crippen LogP contribution in [0.2, 0.25) is 0 Å². The van der Waals surface area contributed by atoms with Gasteiger partial charge < -0.3 is 5.11 Å². The van der Waals surface area contributed by atoms with Crippen LogP contribution in [0.25, 0.3) is 0 Å². The fraction of sp³-hybridized carbons (Fsp3) is 0.273. The molecule has 3 heteroatoms. The van der Waals surface area contributed by atoms with E-state index in [0.717, 1.165) is 5.56 Å². The van der Waals surface area contributed by atoms with Gasteiger partial charge in [0.2, 0.25) is 0 Å². The summed E-state index contributed by atoms with van der Waals surface area (Å²) < 4.78 is 0. The van der Waals surface area contributed by atoms with Crippen LogP contribution in [0, 0.1) is 12.8 Å². The topological polar surface area (TPSA) is 37.3 Å². The Bertz CT molecular complexity index is 245. The molecule has 2 nitrogen and oxygen atoms in total. The molecule has 72 valence electrons. The number of carboxylic acids is 1. The molecule has 0 spiro atoms. The van der Waals surface area contributed by atoms with E-state index in [2.05, 4.69) is 6.92 Å². The molecule has 0 fully saturated rings. The quantitative estimate of drug-likeness (QED) is 0.478. The fourth-order valence-corrected chi connectivity index (χ4v) is 0.478. The third-order valence-electron chi connectivity index (χ3n) is 1.34. The van der Waals surface area contributed by atoms with Crippen molar-refractivity contribution in [2.45, 2.75) is 13.8 Å². The molecular weight excluding hydrogens is 171 g/mol. The molecular formula is C11H15LiO2. The van der Waals surface area contributed by atoms with E-state index in [4.69, 9.17) is 5.11 Å². The van der Waals surface area contributed by atoms with E-state index in [0.29, 0.717) is 0 Å². The fourth-order valence-electron chi connectivity index (χ4n) is 0.478. The molecule has 0 aromatic heterocycles. The maximum atomic E-state index is 9.70. The van der Waals surface area contributed by atoms with Gasteiger partial charge in [0.1, 0.15) is 0 Å². The third-order valence-corrected chi connectivity index (χ3v) is 1.34. The Hall–Kier alpha value is -0.843. The van der Waals surface area contributed by atoms with Gasteiger partial charge in [-0.1, -0.05) is 19.9 Å². The van der Waals surface area contributed by atoms with Crippen molar-refractivity contribution >= 4 is 5.97 Å². The molecule has 1 rings (SSSR count). The Morgan fingerprint density at radius 2 is 1.64 bits per heavy atom. The normalized spacial score (nSPS) is 8.21. The summed E-state index contributed by atoms with van der Waals surface area (Å²) in [6.07, 6.45) is 0. The zero-order valence-corrected chi connectivity index (χ0v) is 9.03. The Labute approximate surface area is 97.5 Å². The maximum Gasteiger partial charge on any atom is 1.00 e. The Balaban J connectivity index is 0. The standard InChI is InChI=1S/C7H7.C4H8O2.Li/c1-7-5-3-2-4-6-7;1-3(2)4(5)6;/h2-6H,1H2;3H,1-2H3,(H,5,6);/q-1;;+1. The van der Waals surface area contributed by atoms with Gasteiger partial charge in [-0.2, -0.15) is 24.6 Å². The van der Waals surface area contributed by atoms with E-state index in [1.54, 1.807) is 13.8 Å². The zero-order valence-electron chi connectivity index (χ0n) is 9.03. The molecule has 1 N–H and O–H groups in total. The average Bonchev–Trinajstić information content (AvgIpc) is 2.06. The molecule has 0 aliphatic rings. The first kappa shape index (κ1) is 15.6. The van der Waals surface area contributed by atoms with Crippen molar-refractivity contribution in [3.63, 3.8) is 0 Å². The van der Waals surface area contributed by atoms with Gasteiger partial charge in [0.05, 0.1) is 5.92 Å². The van der Waals surface area contributed by atoms with Gasteiger partial charge in [0.25, 0.3) is 0 Å². The van der Waals surface area contributed by atoms with E-state index in [1.807, 2.05) is 30.3 Å². The summed E-state index contributed by atoms with van der Waals surface area (Å²) >= 11 is 0. The third kappa shape index (κ3) is 9.25. The van der Waals surface area contributed by atoms with E-state index in [1.165, 1.54) is 0 Å². The van der Waals surface area contributed by atoms with Gasteiger partial charge >= 0.3 is 24.8 Å². The number of hydrogen-bond donors (Lipinski definition) is 1. The van der Waals surface area contributed by atoms with Crippen molar-refractivity contribution in [2.75, 3.05) is 0 Å².